The second-order valence-corrected chi connectivity index (χ2v) is 3.84. The normalized spacial score (nSPS) is 11.5. The fraction of sp³-hybridized carbons (Fsp3) is 0.333. The van der Waals surface area contributed by atoms with Crippen molar-refractivity contribution >= 4 is 17.8 Å². The standard InChI is InChI=1S/C12H17N3O4/c1-8(14-12(18)19-7-6-16)9-2-4-10(5-3-9)15-11(13)17/h2-5,8,16H,6-7H2,1H3,(H,14,18)(H3,13,15,17). The van der Waals surface area contributed by atoms with Gasteiger partial charge in [0.15, 0.2) is 0 Å². The van der Waals surface area contributed by atoms with E-state index in [-0.39, 0.29) is 19.3 Å². The number of anilines is 1. The molecule has 1 aromatic rings. The third kappa shape index (κ3) is 5.26. The van der Waals surface area contributed by atoms with Crippen molar-refractivity contribution in [1.29, 1.82) is 0 Å². The van der Waals surface area contributed by atoms with Crippen LogP contribution in [0.15, 0.2) is 24.3 Å². The average molecular weight is 267 g/mol. The van der Waals surface area contributed by atoms with E-state index in [1.807, 2.05) is 0 Å². The van der Waals surface area contributed by atoms with Gasteiger partial charge in [0, 0.05) is 5.69 Å². The summed E-state index contributed by atoms with van der Waals surface area (Å²) in [7, 11) is 0. The van der Waals surface area contributed by atoms with Crippen LogP contribution in [0.4, 0.5) is 15.3 Å². The topological polar surface area (TPSA) is 114 Å². The number of rotatable bonds is 5. The number of nitrogens with one attached hydrogen (secondary N) is 2. The van der Waals surface area contributed by atoms with Crippen molar-refractivity contribution < 1.29 is 19.4 Å². The highest BCUT2D eigenvalue weighted by molar-refractivity contribution is 5.87. The molecule has 0 saturated carbocycles. The van der Waals surface area contributed by atoms with Crippen LogP contribution < -0.4 is 16.4 Å². The first-order chi connectivity index (χ1) is 9.02. The highest BCUT2D eigenvalue weighted by Crippen LogP contribution is 2.16. The molecular formula is C12H17N3O4. The molecule has 0 heterocycles. The van der Waals surface area contributed by atoms with E-state index in [9.17, 15) is 9.59 Å². The summed E-state index contributed by atoms with van der Waals surface area (Å²) in [4.78, 5) is 21.9. The van der Waals surface area contributed by atoms with Gasteiger partial charge in [-0.05, 0) is 24.6 Å². The van der Waals surface area contributed by atoms with Crippen molar-refractivity contribution in [3.8, 4) is 0 Å². The van der Waals surface area contributed by atoms with E-state index >= 15 is 0 Å². The van der Waals surface area contributed by atoms with Crippen LogP contribution in [-0.4, -0.2) is 30.4 Å². The Morgan fingerprint density at radius 3 is 2.53 bits per heavy atom. The fourth-order valence-corrected chi connectivity index (χ4v) is 1.44. The third-order valence-corrected chi connectivity index (χ3v) is 2.34. The van der Waals surface area contributed by atoms with Crippen LogP contribution in [0.1, 0.15) is 18.5 Å². The number of primary amides is 1. The molecule has 0 aromatic heterocycles. The van der Waals surface area contributed by atoms with Gasteiger partial charge in [-0.25, -0.2) is 9.59 Å². The smallest absolute Gasteiger partial charge is 0.407 e. The van der Waals surface area contributed by atoms with Gasteiger partial charge in [-0.3, -0.25) is 0 Å². The maximum atomic E-state index is 11.3. The molecule has 0 spiro atoms. The van der Waals surface area contributed by atoms with Crippen LogP contribution in [-0.2, 0) is 4.74 Å². The molecule has 7 nitrogen and oxygen atoms in total. The van der Waals surface area contributed by atoms with Crippen LogP contribution in [0.3, 0.4) is 0 Å². The molecule has 1 aromatic carbocycles. The van der Waals surface area contributed by atoms with Crippen molar-refractivity contribution in [2.75, 3.05) is 18.5 Å². The molecule has 1 unspecified atom stereocenters. The van der Waals surface area contributed by atoms with Gasteiger partial charge in [-0.1, -0.05) is 12.1 Å². The largest absolute Gasteiger partial charge is 0.447 e. The van der Waals surface area contributed by atoms with Crippen LogP contribution in [0.5, 0.6) is 0 Å². The second kappa shape index (κ2) is 7.22. The van der Waals surface area contributed by atoms with Crippen LogP contribution in [0.2, 0.25) is 0 Å². The molecule has 0 fully saturated rings. The SMILES string of the molecule is CC(NC(=O)OCCO)c1ccc(NC(N)=O)cc1. The molecule has 0 radical (unpaired) electrons. The maximum absolute atomic E-state index is 11.3. The number of hydrogen-bond donors (Lipinski definition) is 4. The number of hydrogen-bond acceptors (Lipinski definition) is 4. The van der Waals surface area contributed by atoms with Gasteiger partial charge < -0.3 is 26.2 Å². The monoisotopic (exact) mass is 267 g/mol. The number of alkyl carbamates (subject to hydrolysis) is 1. The first-order valence-corrected chi connectivity index (χ1v) is 5.73. The quantitative estimate of drug-likeness (QED) is 0.636. The van der Waals surface area contributed by atoms with E-state index < -0.39 is 12.1 Å². The number of carbonyl (C=O) groups excluding carboxylic acids is 2. The molecule has 0 bridgehead atoms. The Hall–Kier alpha value is -2.28. The van der Waals surface area contributed by atoms with Crippen molar-refractivity contribution in [2.45, 2.75) is 13.0 Å². The van der Waals surface area contributed by atoms with Gasteiger partial charge >= 0.3 is 12.1 Å². The predicted octanol–water partition coefficient (Wildman–Crippen LogP) is 0.957. The first kappa shape index (κ1) is 14.8. The number of nitrogens with two attached hydrogens (primary N) is 1. The Bertz CT molecular complexity index is 433. The molecule has 104 valence electrons. The number of urea groups is 1. The number of aliphatic hydroxyl groups excluding tert-OH is 1. The molecule has 0 aliphatic heterocycles. The molecule has 0 saturated heterocycles. The van der Waals surface area contributed by atoms with Crippen LogP contribution in [0, 0.1) is 0 Å². The minimum atomic E-state index is -0.633. The molecule has 1 atom stereocenters. The fourth-order valence-electron chi connectivity index (χ4n) is 1.44. The van der Waals surface area contributed by atoms with Gasteiger partial charge in [0.1, 0.15) is 6.61 Å². The predicted molar refractivity (Wildman–Crippen MR) is 69.6 cm³/mol. The summed E-state index contributed by atoms with van der Waals surface area (Å²) in [6, 6.07) is 5.97. The lowest BCUT2D eigenvalue weighted by atomic mass is 10.1. The van der Waals surface area contributed by atoms with Crippen LogP contribution >= 0.6 is 0 Å². The summed E-state index contributed by atoms with van der Waals surface area (Å²) in [6.07, 6.45) is -0.596. The van der Waals surface area contributed by atoms with E-state index in [2.05, 4.69) is 15.4 Å². The molecule has 0 aliphatic rings. The summed E-state index contributed by atoms with van der Waals surface area (Å²) in [5.74, 6) is 0. The highest BCUT2D eigenvalue weighted by Gasteiger charge is 2.10. The van der Waals surface area contributed by atoms with Crippen molar-refractivity contribution in [1.82, 2.24) is 5.32 Å². The van der Waals surface area contributed by atoms with Gasteiger partial charge in [-0.15, -0.1) is 0 Å². The average Bonchev–Trinajstić information content (AvgIpc) is 2.36. The number of carbonyl (C=O) groups is 2. The van der Waals surface area contributed by atoms with E-state index in [1.165, 1.54) is 0 Å². The first-order valence-electron chi connectivity index (χ1n) is 5.73. The molecule has 19 heavy (non-hydrogen) atoms. The van der Waals surface area contributed by atoms with Crippen molar-refractivity contribution in [3.05, 3.63) is 29.8 Å². The zero-order valence-corrected chi connectivity index (χ0v) is 10.6. The highest BCUT2D eigenvalue weighted by atomic mass is 16.6. The van der Waals surface area contributed by atoms with Crippen molar-refractivity contribution in [2.24, 2.45) is 5.73 Å². The van der Waals surface area contributed by atoms with Crippen LogP contribution in [0.25, 0.3) is 0 Å². The molecule has 1 rings (SSSR count). The van der Waals surface area contributed by atoms with E-state index in [0.29, 0.717) is 5.69 Å². The maximum Gasteiger partial charge on any atom is 0.407 e. The van der Waals surface area contributed by atoms with E-state index in [1.54, 1.807) is 31.2 Å². The lowest BCUT2D eigenvalue weighted by Gasteiger charge is -2.14. The Labute approximate surface area is 110 Å². The minimum absolute atomic E-state index is 0.0416. The second-order valence-electron chi connectivity index (χ2n) is 3.84. The van der Waals surface area contributed by atoms with Gasteiger partial charge in [0.25, 0.3) is 0 Å². The number of amides is 3. The summed E-state index contributed by atoms with van der Waals surface area (Å²) < 4.78 is 4.69. The lowest BCUT2D eigenvalue weighted by molar-refractivity contribution is 0.116. The number of aliphatic hydroxyl groups is 1. The Kier molecular flexibility index (Phi) is 5.62. The molecule has 7 heteroatoms. The summed E-state index contributed by atoms with van der Waals surface area (Å²) in [5.41, 5.74) is 6.41. The number of benzene rings is 1. The van der Waals surface area contributed by atoms with Gasteiger partial charge in [0.05, 0.1) is 12.6 Å². The zero-order chi connectivity index (χ0) is 14.3. The Morgan fingerprint density at radius 1 is 1.37 bits per heavy atom. The molecule has 3 amide bonds. The van der Waals surface area contributed by atoms with Crippen molar-refractivity contribution in [3.63, 3.8) is 0 Å². The van der Waals surface area contributed by atoms with Gasteiger partial charge in [-0.2, -0.15) is 0 Å². The Balaban J connectivity index is 2.55. The number of ether oxygens (including phenoxy) is 1. The van der Waals surface area contributed by atoms with Gasteiger partial charge in [0.2, 0.25) is 0 Å². The molecule has 0 aliphatic carbocycles. The molecular weight excluding hydrogens is 250 g/mol. The van der Waals surface area contributed by atoms with E-state index in [0.717, 1.165) is 5.56 Å². The zero-order valence-electron chi connectivity index (χ0n) is 10.6. The molecule has 5 N–H and O–H groups in total. The Morgan fingerprint density at radius 2 is 2.00 bits per heavy atom. The minimum Gasteiger partial charge on any atom is -0.447 e. The summed E-state index contributed by atoms with van der Waals surface area (Å²) in [6.45, 7) is 1.53. The summed E-state index contributed by atoms with van der Waals surface area (Å²) >= 11 is 0. The lowest BCUT2D eigenvalue weighted by Crippen LogP contribution is -2.28. The third-order valence-electron chi connectivity index (χ3n) is 2.34. The van der Waals surface area contributed by atoms with E-state index in [4.69, 9.17) is 10.8 Å². The summed E-state index contributed by atoms with van der Waals surface area (Å²) in [5, 5.41) is 13.6.